The standard InChI is InChI=1S/C17H34N2.ClH/c1-4-5-6-7-8-9-10-11-12-13-14-19-16-15-18(3)17(19)2;/h15-17H,4-14H2,1-3H3;1H. The summed E-state index contributed by atoms with van der Waals surface area (Å²) >= 11 is 0. The van der Waals surface area contributed by atoms with Gasteiger partial charge in [-0.15, -0.1) is 0 Å². The van der Waals surface area contributed by atoms with E-state index in [-0.39, 0.29) is 12.4 Å². The molecule has 1 rings (SSSR count). The largest absolute Gasteiger partial charge is 1.00 e. The molecule has 120 valence electrons. The molecule has 0 saturated heterocycles. The van der Waals surface area contributed by atoms with E-state index in [1.807, 2.05) is 0 Å². The van der Waals surface area contributed by atoms with E-state index in [0.717, 1.165) is 0 Å². The van der Waals surface area contributed by atoms with Gasteiger partial charge in [0.05, 0.1) is 12.7 Å². The highest BCUT2D eigenvalue weighted by Crippen LogP contribution is 2.10. The third kappa shape index (κ3) is 8.16. The molecule has 0 aliphatic carbocycles. The average molecular weight is 303 g/mol. The van der Waals surface area contributed by atoms with Gasteiger partial charge >= 0.3 is 0 Å². The summed E-state index contributed by atoms with van der Waals surface area (Å²) in [5.41, 5.74) is 0. The summed E-state index contributed by atoms with van der Waals surface area (Å²) in [4.78, 5) is 3.94. The van der Waals surface area contributed by atoms with Crippen molar-refractivity contribution in [3.63, 3.8) is 0 Å². The Hall–Kier alpha value is -0.210. The van der Waals surface area contributed by atoms with Crippen molar-refractivity contribution < 1.29 is 17.3 Å². The van der Waals surface area contributed by atoms with E-state index < -0.39 is 0 Å². The van der Waals surface area contributed by atoms with Crippen molar-refractivity contribution in [3.05, 3.63) is 12.4 Å². The number of halogens is 1. The van der Waals surface area contributed by atoms with Crippen LogP contribution in [0.5, 0.6) is 0 Å². The van der Waals surface area contributed by atoms with Gasteiger partial charge in [0.15, 0.2) is 6.17 Å². The van der Waals surface area contributed by atoms with Gasteiger partial charge in [-0.05, 0) is 12.8 Å². The number of quaternary nitrogens is 1. The van der Waals surface area contributed by atoms with Crippen molar-refractivity contribution in [2.45, 2.75) is 84.2 Å². The van der Waals surface area contributed by atoms with Gasteiger partial charge in [0, 0.05) is 14.0 Å². The zero-order valence-electron chi connectivity index (χ0n) is 13.8. The predicted octanol–water partition coefficient (Wildman–Crippen LogP) is 0.559. The molecule has 2 nitrogen and oxygen atoms in total. The highest BCUT2D eigenvalue weighted by Gasteiger charge is 2.22. The maximum Gasteiger partial charge on any atom is 0.164 e. The summed E-state index contributed by atoms with van der Waals surface area (Å²) in [6, 6.07) is 0. The Morgan fingerprint density at radius 3 is 1.85 bits per heavy atom. The molecule has 0 aromatic heterocycles. The first kappa shape index (κ1) is 19.8. The highest BCUT2D eigenvalue weighted by atomic mass is 35.5. The summed E-state index contributed by atoms with van der Waals surface area (Å²) in [5.74, 6) is 0. The molecule has 2 atom stereocenters. The molecule has 20 heavy (non-hydrogen) atoms. The van der Waals surface area contributed by atoms with Gasteiger partial charge in [-0.25, -0.2) is 0 Å². The summed E-state index contributed by atoms with van der Waals surface area (Å²) in [6.45, 7) is 5.90. The molecular weight excluding hydrogens is 268 g/mol. The molecule has 0 aromatic carbocycles. The second kappa shape index (κ2) is 12.5. The molecule has 0 amide bonds. The number of rotatable bonds is 11. The van der Waals surface area contributed by atoms with Crippen molar-refractivity contribution in [2.24, 2.45) is 0 Å². The topological polar surface area (TPSA) is 7.68 Å². The molecule has 0 spiro atoms. The van der Waals surface area contributed by atoms with Crippen molar-refractivity contribution >= 4 is 0 Å². The van der Waals surface area contributed by atoms with E-state index >= 15 is 0 Å². The van der Waals surface area contributed by atoms with Gasteiger partial charge in [-0.1, -0.05) is 58.3 Å². The molecule has 1 N–H and O–H groups in total. The van der Waals surface area contributed by atoms with Gasteiger partial charge in [-0.3, -0.25) is 4.90 Å². The fraction of sp³-hybridized carbons (Fsp3) is 0.882. The summed E-state index contributed by atoms with van der Waals surface area (Å²) in [7, 11) is 2.17. The monoisotopic (exact) mass is 302 g/mol. The summed E-state index contributed by atoms with van der Waals surface area (Å²) in [5, 5.41) is 0. The van der Waals surface area contributed by atoms with Crippen LogP contribution in [0.3, 0.4) is 0 Å². The van der Waals surface area contributed by atoms with Gasteiger partial charge in [0.25, 0.3) is 0 Å². The van der Waals surface area contributed by atoms with Crippen LogP contribution in [-0.2, 0) is 0 Å². The molecule has 3 heteroatoms. The van der Waals surface area contributed by atoms with Crippen LogP contribution in [0.1, 0.15) is 78.1 Å². The van der Waals surface area contributed by atoms with Crippen molar-refractivity contribution in [1.29, 1.82) is 0 Å². The molecule has 1 aliphatic rings. The van der Waals surface area contributed by atoms with Crippen LogP contribution in [0.4, 0.5) is 0 Å². The predicted molar refractivity (Wildman–Crippen MR) is 84.0 cm³/mol. The summed E-state index contributed by atoms with van der Waals surface area (Å²) in [6.07, 6.45) is 19.5. The van der Waals surface area contributed by atoms with Crippen LogP contribution >= 0.6 is 0 Å². The molecule has 0 aromatic rings. The van der Waals surface area contributed by atoms with Crippen LogP contribution in [-0.4, -0.2) is 24.7 Å². The number of hydrogen-bond acceptors (Lipinski definition) is 1. The van der Waals surface area contributed by atoms with Gasteiger partial charge in [0.1, 0.15) is 6.20 Å². The maximum atomic E-state index is 2.32. The van der Waals surface area contributed by atoms with Gasteiger partial charge in [-0.2, -0.15) is 0 Å². The van der Waals surface area contributed by atoms with Gasteiger partial charge in [0.2, 0.25) is 0 Å². The van der Waals surface area contributed by atoms with E-state index in [0.29, 0.717) is 6.17 Å². The van der Waals surface area contributed by atoms with E-state index in [2.05, 4.69) is 38.2 Å². The molecule has 0 saturated carbocycles. The van der Waals surface area contributed by atoms with Crippen LogP contribution in [0.15, 0.2) is 12.4 Å². The van der Waals surface area contributed by atoms with Crippen LogP contribution < -0.4 is 17.3 Å². The normalized spacial score (nSPS) is 21.2. The van der Waals surface area contributed by atoms with Crippen molar-refractivity contribution in [2.75, 3.05) is 13.6 Å². The fourth-order valence-electron chi connectivity index (χ4n) is 2.85. The highest BCUT2D eigenvalue weighted by molar-refractivity contribution is 4.79. The first-order valence-corrected chi connectivity index (χ1v) is 8.51. The Bertz CT molecular complexity index is 243. The van der Waals surface area contributed by atoms with Gasteiger partial charge < -0.3 is 17.3 Å². The lowest BCUT2D eigenvalue weighted by molar-refractivity contribution is -0.875. The maximum absolute atomic E-state index is 2.32. The lowest BCUT2D eigenvalue weighted by atomic mass is 10.1. The molecule has 1 aliphatic heterocycles. The summed E-state index contributed by atoms with van der Waals surface area (Å²) < 4.78 is 0. The zero-order chi connectivity index (χ0) is 13.9. The number of hydrogen-bond donors (Lipinski definition) is 1. The van der Waals surface area contributed by atoms with Crippen LogP contribution in [0.2, 0.25) is 0 Å². The van der Waals surface area contributed by atoms with E-state index in [1.165, 1.54) is 70.8 Å². The molecule has 0 fully saturated rings. The van der Waals surface area contributed by atoms with E-state index in [4.69, 9.17) is 0 Å². The second-order valence-corrected chi connectivity index (χ2v) is 6.16. The van der Waals surface area contributed by atoms with Crippen LogP contribution in [0.25, 0.3) is 0 Å². The van der Waals surface area contributed by atoms with E-state index in [1.54, 1.807) is 4.90 Å². The quantitative estimate of drug-likeness (QED) is 0.548. The second-order valence-electron chi connectivity index (χ2n) is 6.16. The smallest absolute Gasteiger partial charge is 0.164 e. The lowest BCUT2D eigenvalue weighted by Crippen LogP contribution is -3.11. The Morgan fingerprint density at radius 1 is 0.900 bits per heavy atom. The minimum Gasteiger partial charge on any atom is -1.00 e. The minimum absolute atomic E-state index is 0. The Morgan fingerprint density at radius 2 is 1.40 bits per heavy atom. The molecule has 2 unspecified atom stereocenters. The molecule has 0 radical (unpaired) electrons. The minimum atomic E-state index is 0. The van der Waals surface area contributed by atoms with E-state index in [9.17, 15) is 0 Å². The van der Waals surface area contributed by atoms with Crippen molar-refractivity contribution in [3.8, 4) is 0 Å². The zero-order valence-corrected chi connectivity index (χ0v) is 14.6. The Labute approximate surface area is 133 Å². The third-order valence-electron chi connectivity index (χ3n) is 4.49. The Balaban J connectivity index is 0.00000361. The third-order valence-corrected chi connectivity index (χ3v) is 4.49. The first-order valence-electron chi connectivity index (χ1n) is 8.51. The molecule has 0 bridgehead atoms. The van der Waals surface area contributed by atoms with Crippen LogP contribution in [0, 0.1) is 0 Å². The molecular formula is C17H35ClN2. The number of nitrogens with one attached hydrogen (secondary N) is 1. The molecule has 1 heterocycles. The fourth-order valence-corrected chi connectivity index (χ4v) is 2.85. The lowest BCUT2D eigenvalue weighted by Gasteiger charge is -2.21. The average Bonchev–Trinajstić information content (AvgIpc) is 2.73. The number of unbranched alkanes of at least 4 members (excludes halogenated alkanes) is 9. The first-order chi connectivity index (χ1) is 9.25. The van der Waals surface area contributed by atoms with Crippen molar-refractivity contribution in [1.82, 2.24) is 4.90 Å². The Kier molecular flexibility index (Phi) is 12.4. The number of nitrogens with zero attached hydrogens (tertiary/aromatic N) is 1. The SMILES string of the molecule is CCCCCCCCCCCC[NH+]1C=CN(C)C1C.[Cl-].